The number of fused-ring (bicyclic) bond motifs is 1. The first kappa shape index (κ1) is 11.9. The number of hydrogen-bond acceptors (Lipinski definition) is 2. The van der Waals surface area contributed by atoms with E-state index >= 15 is 0 Å². The third-order valence-corrected chi connectivity index (χ3v) is 3.30. The highest BCUT2D eigenvalue weighted by Gasteiger charge is 2.37. The van der Waals surface area contributed by atoms with Crippen LogP contribution in [0.5, 0.6) is 0 Å². The van der Waals surface area contributed by atoms with Gasteiger partial charge >= 0.3 is 0 Å². The van der Waals surface area contributed by atoms with Crippen molar-refractivity contribution < 1.29 is 13.9 Å². The van der Waals surface area contributed by atoms with Gasteiger partial charge in [0.05, 0.1) is 10.6 Å². The zero-order valence-corrected chi connectivity index (χ0v) is 10.3. The topological polar surface area (TPSA) is 43.1 Å². The Morgan fingerprint density at radius 2 is 1.84 bits per heavy atom. The van der Waals surface area contributed by atoms with Gasteiger partial charge in [0.15, 0.2) is 0 Å². The van der Waals surface area contributed by atoms with E-state index in [-0.39, 0.29) is 17.0 Å². The van der Waals surface area contributed by atoms with Crippen LogP contribution in [0, 0.1) is 11.0 Å². The summed E-state index contributed by atoms with van der Waals surface area (Å²) in [4.78, 5) is 12.2. The van der Waals surface area contributed by atoms with Gasteiger partial charge in [0.2, 0.25) is 5.69 Å². The Bertz CT molecular complexity index is 740. The van der Waals surface area contributed by atoms with Gasteiger partial charge in [-0.3, -0.25) is 4.79 Å². The van der Waals surface area contributed by atoms with E-state index in [0.717, 1.165) is 12.1 Å². The minimum atomic E-state index is -0.555. The van der Waals surface area contributed by atoms with Gasteiger partial charge in [-0.1, -0.05) is 23.7 Å². The molecule has 94 valence electrons. The summed E-state index contributed by atoms with van der Waals surface area (Å²) in [6.45, 7) is 0. The molecule has 0 aromatic heterocycles. The monoisotopic (exact) mass is 275 g/mol. The molecule has 0 radical (unpaired) electrons. The van der Waals surface area contributed by atoms with Crippen LogP contribution in [0.4, 0.5) is 10.1 Å². The lowest BCUT2D eigenvalue weighted by Gasteiger charge is -2.03. The highest BCUT2D eigenvalue weighted by molar-refractivity contribution is 6.54. The number of benzene rings is 2. The molecule has 0 N–H and O–H groups in total. The summed E-state index contributed by atoms with van der Waals surface area (Å²) in [7, 11) is 0. The van der Waals surface area contributed by atoms with Crippen molar-refractivity contribution in [1.29, 1.82) is 0 Å². The number of carbonyl (C=O) groups excluding carboxylic acids is 1. The van der Waals surface area contributed by atoms with Crippen LogP contribution in [-0.4, -0.2) is 16.2 Å². The van der Waals surface area contributed by atoms with E-state index in [1.165, 1.54) is 6.07 Å². The minimum absolute atomic E-state index is 0.0601. The third kappa shape index (κ3) is 1.72. The molecule has 0 aliphatic carbocycles. The van der Waals surface area contributed by atoms with E-state index in [2.05, 4.69) is 0 Å². The predicted molar refractivity (Wildman–Crippen MR) is 69.6 cm³/mol. The first-order valence-electron chi connectivity index (χ1n) is 5.53. The maximum atomic E-state index is 13.2. The van der Waals surface area contributed by atoms with Gasteiger partial charge in [-0.15, -0.1) is 0 Å². The Morgan fingerprint density at radius 3 is 2.58 bits per heavy atom. The summed E-state index contributed by atoms with van der Waals surface area (Å²) >= 11 is 6.00. The molecule has 0 saturated heterocycles. The molecule has 1 aliphatic rings. The Hall–Kier alpha value is -2.20. The Labute approximate surface area is 113 Å². The number of ketones is 1. The van der Waals surface area contributed by atoms with Gasteiger partial charge in [0.25, 0.3) is 11.5 Å². The van der Waals surface area contributed by atoms with Crippen LogP contribution in [0.15, 0.2) is 42.5 Å². The standard InChI is InChI=1S/C14H7ClFNO2/c15-11-4-2-1-3-9(11)13-14(18)10-7-8(16)5-6-12(10)17(13)19/h1-7H. The van der Waals surface area contributed by atoms with Crippen molar-refractivity contribution in [3.05, 3.63) is 69.6 Å². The van der Waals surface area contributed by atoms with Crippen molar-refractivity contribution in [1.82, 2.24) is 0 Å². The third-order valence-electron chi connectivity index (χ3n) is 2.97. The molecule has 0 bridgehead atoms. The largest absolute Gasteiger partial charge is 0.618 e. The van der Waals surface area contributed by atoms with Crippen LogP contribution in [0.1, 0.15) is 15.9 Å². The van der Waals surface area contributed by atoms with Gasteiger partial charge < -0.3 is 5.21 Å². The number of Topliss-reactive ketones (excluding diaryl/α,β-unsaturated/α-hetero) is 1. The molecule has 2 aromatic carbocycles. The number of nitrogens with zero attached hydrogens (tertiary/aromatic N) is 1. The predicted octanol–water partition coefficient (Wildman–Crippen LogP) is 3.31. The normalized spacial score (nSPS) is 13.9. The van der Waals surface area contributed by atoms with Crippen molar-refractivity contribution in [3.8, 4) is 0 Å². The van der Waals surface area contributed by atoms with Gasteiger partial charge in [-0.25, -0.2) is 4.39 Å². The molecule has 0 spiro atoms. The first-order valence-corrected chi connectivity index (χ1v) is 5.91. The number of carbonyl (C=O) groups is 1. The molecular weight excluding hydrogens is 269 g/mol. The molecule has 5 heteroatoms. The van der Waals surface area contributed by atoms with Crippen LogP contribution in [0.3, 0.4) is 0 Å². The summed E-state index contributed by atoms with van der Waals surface area (Å²) in [5.74, 6) is -1.07. The quantitative estimate of drug-likeness (QED) is 0.592. The van der Waals surface area contributed by atoms with Crippen LogP contribution >= 0.6 is 11.6 Å². The smallest absolute Gasteiger partial charge is 0.274 e. The second-order valence-corrected chi connectivity index (χ2v) is 4.52. The lowest BCUT2D eigenvalue weighted by molar-refractivity contribution is -0.355. The Morgan fingerprint density at radius 1 is 1.11 bits per heavy atom. The van der Waals surface area contributed by atoms with Crippen molar-refractivity contribution in [3.63, 3.8) is 0 Å². The summed E-state index contributed by atoms with van der Waals surface area (Å²) in [6.07, 6.45) is 0. The Kier molecular flexibility index (Phi) is 2.61. The van der Waals surface area contributed by atoms with E-state index in [1.54, 1.807) is 24.3 Å². The van der Waals surface area contributed by atoms with Gasteiger partial charge in [-0.2, -0.15) is 4.74 Å². The van der Waals surface area contributed by atoms with Crippen LogP contribution in [0.2, 0.25) is 5.02 Å². The maximum absolute atomic E-state index is 13.2. The van der Waals surface area contributed by atoms with E-state index < -0.39 is 11.6 Å². The molecule has 1 aliphatic heterocycles. The van der Waals surface area contributed by atoms with Crippen molar-refractivity contribution >= 4 is 28.8 Å². The fourth-order valence-corrected chi connectivity index (χ4v) is 2.32. The lowest BCUT2D eigenvalue weighted by Crippen LogP contribution is -2.17. The van der Waals surface area contributed by atoms with E-state index in [4.69, 9.17) is 11.6 Å². The summed E-state index contributed by atoms with van der Waals surface area (Å²) in [5, 5.41) is 12.5. The van der Waals surface area contributed by atoms with E-state index in [1.807, 2.05) is 0 Å². The maximum Gasteiger partial charge on any atom is 0.274 e. The average Bonchev–Trinajstić information content (AvgIpc) is 2.63. The number of rotatable bonds is 1. The molecule has 0 atom stereocenters. The fourth-order valence-electron chi connectivity index (χ4n) is 2.09. The number of hydrogen-bond donors (Lipinski definition) is 0. The molecule has 0 amide bonds. The molecule has 0 fully saturated rings. The second kappa shape index (κ2) is 4.17. The molecule has 3 nitrogen and oxygen atoms in total. The highest BCUT2D eigenvalue weighted by atomic mass is 35.5. The van der Waals surface area contributed by atoms with Crippen LogP contribution < -0.4 is 0 Å². The molecule has 3 rings (SSSR count). The van der Waals surface area contributed by atoms with Gasteiger partial charge in [-0.05, 0) is 24.3 Å². The second-order valence-electron chi connectivity index (χ2n) is 4.11. The van der Waals surface area contributed by atoms with Crippen LogP contribution in [-0.2, 0) is 0 Å². The van der Waals surface area contributed by atoms with Crippen LogP contribution in [0.25, 0.3) is 0 Å². The molecule has 2 aromatic rings. The first-order chi connectivity index (χ1) is 9.09. The van der Waals surface area contributed by atoms with Crippen molar-refractivity contribution in [2.24, 2.45) is 0 Å². The summed E-state index contributed by atoms with van der Waals surface area (Å²) in [5.41, 5.74) is 0.471. The average molecular weight is 276 g/mol. The molecule has 0 unspecified atom stereocenters. The molecule has 0 saturated carbocycles. The summed E-state index contributed by atoms with van der Waals surface area (Å²) in [6, 6.07) is 10.1. The van der Waals surface area contributed by atoms with Crippen molar-refractivity contribution in [2.75, 3.05) is 0 Å². The number of halogens is 2. The van der Waals surface area contributed by atoms with E-state index in [0.29, 0.717) is 15.3 Å². The van der Waals surface area contributed by atoms with Crippen molar-refractivity contribution in [2.45, 2.75) is 0 Å². The Balaban J connectivity index is 2.24. The molecule has 1 heterocycles. The SMILES string of the molecule is O=C1C(c2ccccc2Cl)=[N+]([O-])c2ccc(F)cc21. The lowest BCUT2D eigenvalue weighted by atomic mass is 10.0. The zero-order valence-electron chi connectivity index (χ0n) is 9.56. The zero-order chi connectivity index (χ0) is 13.6. The summed E-state index contributed by atoms with van der Waals surface area (Å²) < 4.78 is 13.7. The molecular formula is C14H7ClFNO2. The van der Waals surface area contributed by atoms with E-state index in [9.17, 15) is 14.4 Å². The van der Waals surface area contributed by atoms with Gasteiger partial charge in [0.1, 0.15) is 11.4 Å². The molecule has 19 heavy (non-hydrogen) atoms. The van der Waals surface area contributed by atoms with Gasteiger partial charge in [0, 0.05) is 6.07 Å². The highest BCUT2D eigenvalue weighted by Crippen LogP contribution is 2.30. The fraction of sp³-hybridized carbons (Fsp3) is 0. The minimum Gasteiger partial charge on any atom is -0.618 e.